The highest BCUT2D eigenvalue weighted by atomic mass is 19.1. The Labute approximate surface area is 199 Å². The van der Waals surface area contributed by atoms with Crippen LogP contribution >= 0.6 is 0 Å². The molecule has 1 aromatic carbocycles. The lowest BCUT2D eigenvalue weighted by Gasteiger charge is -2.17. The van der Waals surface area contributed by atoms with Gasteiger partial charge in [-0.2, -0.15) is 0 Å². The second-order valence-electron chi connectivity index (χ2n) is 8.07. The predicted octanol–water partition coefficient (Wildman–Crippen LogP) is 3.02. The van der Waals surface area contributed by atoms with Crippen LogP contribution in [0.15, 0.2) is 59.0 Å². The van der Waals surface area contributed by atoms with Gasteiger partial charge in [-0.05, 0) is 38.2 Å². The third-order valence-corrected chi connectivity index (χ3v) is 5.54. The third-order valence-electron chi connectivity index (χ3n) is 5.54. The van der Waals surface area contributed by atoms with Crippen LogP contribution in [0, 0.1) is 5.82 Å². The summed E-state index contributed by atoms with van der Waals surface area (Å²) < 4.78 is 22.1. The number of amides is 1. The zero-order valence-corrected chi connectivity index (χ0v) is 20.2. The van der Waals surface area contributed by atoms with E-state index in [4.69, 9.17) is 10.5 Å². The molecule has 1 amide bonds. The molecule has 8 nitrogen and oxygen atoms in total. The fourth-order valence-corrected chi connectivity index (χ4v) is 3.63. The fraction of sp³-hybridized carbons (Fsp3) is 0.320. The van der Waals surface area contributed by atoms with Crippen molar-refractivity contribution in [1.29, 1.82) is 0 Å². The smallest absolute Gasteiger partial charge is 0.269 e. The van der Waals surface area contributed by atoms with E-state index in [1.807, 2.05) is 36.0 Å². The van der Waals surface area contributed by atoms with Crippen molar-refractivity contribution in [3.05, 3.63) is 65.5 Å². The highest BCUT2D eigenvalue weighted by Gasteiger charge is 2.17. The largest absolute Gasteiger partial charge is 0.492 e. The first-order valence-corrected chi connectivity index (χ1v) is 10.9. The summed E-state index contributed by atoms with van der Waals surface area (Å²) in [6.07, 6.45) is 4.13. The van der Waals surface area contributed by atoms with Gasteiger partial charge in [-0.1, -0.05) is 0 Å². The quantitative estimate of drug-likeness (QED) is 0.373. The van der Waals surface area contributed by atoms with Gasteiger partial charge in [0.25, 0.3) is 5.91 Å². The van der Waals surface area contributed by atoms with Crippen molar-refractivity contribution < 1.29 is 13.9 Å². The standard InChI is InChI=1S/C25H31FN6O2/c1-16(29-3)20(24(27)25(33)31(4)5)10-11-34-22-12-18(26)7-8-21(22)17-6-9-23-30-14-19(13-28-2)32(23)15-17/h6-9,12,14-15,28H,10-11,13,27H2,1-5H3. The summed E-state index contributed by atoms with van der Waals surface area (Å²) in [5.41, 5.74) is 10.9. The van der Waals surface area contributed by atoms with E-state index >= 15 is 0 Å². The minimum atomic E-state index is -0.400. The number of nitrogens with two attached hydrogens (primary N) is 1. The fourth-order valence-electron chi connectivity index (χ4n) is 3.63. The third kappa shape index (κ3) is 5.43. The van der Waals surface area contributed by atoms with Crippen LogP contribution in [0.4, 0.5) is 4.39 Å². The summed E-state index contributed by atoms with van der Waals surface area (Å²) >= 11 is 0. The highest BCUT2D eigenvalue weighted by Crippen LogP contribution is 2.31. The Kier molecular flexibility index (Phi) is 8.01. The number of rotatable bonds is 9. The molecule has 0 bridgehead atoms. The molecule has 0 atom stereocenters. The number of carbonyl (C=O) groups excluding carboxylic acids is 1. The number of fused-ring (bicyclic) bond motifs is 1. The maximum Gasteiger partial charge on any atom is 0.269 e. The van der Waals surface area contributed by atoms with Crippen molar-refractivity contribution in [2.45, 2.75) is 19.9 Å². The molecule has 0 radical (unpaired) electrons. The SMILES string of the molecule is CN=C(C)C(CCOc1cc(F)ccc1-c1ccc2ncc(CNC)n2c1)=C(N)C(=O)N(C)C. The number of hydrogen-bond acceptors (Lipinski definition) is 6. The molecular formula is C25H31FN6O2. The Morgan fingerprint density at radius 1 is 1.29 bits per heavy atom. The lowest BCUT2D eigenvalue weighted by atomic mass is 10.0. The van der Waals surface area contributed by atoms with E-state index in [9.17, 15) is 9.18 Å². The Bertz CT molecular complexity index is 1250. The molecule has 3 aromatic rings. The zero-order chi connectivity index (χ0) is 24.8. The van der Waals surface area contributed by atoms with Gasteiger partial charge in [-0.15, -0.1) is 0 Å². The average Bonchev–Trinajstić information content (AvgIpc) is 3.22. The van der Waals surface area contributed by atoms with Gasteiger partial charge in [0, 0.05) is 68.8 Å². The Morgan fingerprint density at radius 2 is 2.06 bits per heavy atom. The number of benzene rings is 1. The number of imidazole rings is 1. The molecule has 9 heteroatoms. The summed E-state index contributed by atoms with van der Waals surface area (Å²) in [5.74, 6) is -0.296. The number of hydrogen-bond donors (Lipinski definition) is 2. The maximum atomic E-state index is 14.1. The molecule has 0 aliphatic carbocycles. The van der Waals surface area contributed by atoms with E-state index in [1.54, 1.807) is 34.1 Å². The molecule has 3 N–H and O–H groups in total. The molecule has 34 heavy (non-hydrogen) atoms. The van der Waals surface area contributed by atoms with Crippen LogP contribution in [0.2, 0.25) is 0 Å². The molecule has 0 aliphatic rings. The topological polar surface area (TPSA) is 97.2 Å². The number of aliphatic imine (C=N–C) groups is 1. The first kappa shape index (κ1) is 24.9. The van der Waals surface area contributed by atoms with Gasteiger partial charge in [0.2, 0.25) is 0 Å². The van der Waals surface area contributed by atoms with Crippen LogP contribution in [0.1, 0.15) is 19.0 Å². The van der Waals surface area contributed by atoms with Gasteiger partial charge < -0.3 is 25.1 Å². The van der Waals surface area contributed by atoms with Crippen LogP contribution in [-0.2, 0) is 11.3 Å². The normalized spacial score (nSPS) is 12.6. The van der Waals surface area contributed by atoms with Crippen molar-refractivity contribution in [2.24, 2.45) is 10.7 Å². The average molecular weight is 467 g/mol. The van der Waals surface area contributed by atoms with Gasteiger partial charge >= 0.3 is 0 Å². The van der Waals surface area contributed by atoms with Gasteiger partial charge in [0.15, 0.2) is 0 Å². The number of ether oxygens (including phenoxy) is 1. The lowest BCUT2D eigenvalue weighted by Crippen LogP contribution is -2.30. The van der Waals surface area contributed by atoms with E-state index < -0.39 is 5.82 Å². The van der Waals surface area contributed by atoms with E-state index in [1.165, 1.54) is 17.0 Å². The molecule has 3 rings (SSSR count). The van der Waals surface area contributed by atoms with Crippen molar-refractivity contribution >= 4 is 17.3 Å². The molecule has 0 unspecified atom stereocenters. The number of carbonyl (C=O) groups is 1. The number of likely N-dealkylation sites (N-methyl/N-ethyl adjacent to an activating group) is 1. The minimum Gasteiger partial charge on any atom is -0.492 e. The second kappa shape index (κ2) is 10.9. The number of nitrogens with zero attached hydrogens (tertiary/aromatic N) is 4. The first-order valence-electron chi connectivity index (χ1n) is 10.9. The van der Waals surface area contributed by atoms with Gasteiger partial charge in [-0.25, -0.2) is 9.37 Å². The van der Waals surface area contributed by atoms with Crippen molar-refractivity contribution in [3.8, 4) is 16.9 Å². The van der Waals surface area contributed by atoms with Crippen LogP contribution in [0.5, 0.6) is 5.75 Å². The van der Waals surface area contributed by atoms with Crippen LogP contribution < -0.4 is 15.8 Å². The molecule has 0 saturated heterocycles. The monoisotopic (exact) mass is 466 g/mol. The number of aromatic nitrogens is 2. The van der Waals surface area contributed by atoms with Crippen LogP contribution in [0.3, 0.4) is 0 Å². The molecular weight excluding hydrogens is 435 g/mol. The summed E-state index contributed by atoms with van der Waals surface area (Å²) in [5, 5.41) is 3.13. The lowest BCUT2D eigenvalue weighted by molar-refractivity contribution is -0.124. The van der Waals surface area contributed by atoms with Crippen molar-refractivity contribution in [1.82, 2.24) is 19.6 Å². The summed E-state index contributed by atoms with van der Waals surface area (Å²) in [6, 6.07) is 8.30. The van der Waals surface area contributed by atoms with Gasteiger partial charge in [-0.3, -0.25) is 9.79 Å². The zero-order valence-electron chi connectivity index (χ0n) is 20.2. The first-order chi connectivity index (χ1) is 16.3. The molecule has 0 saturated carbocycles. The minimum absolute atomic E-state index is 0.124. The van der Waals surface area contributed by atoms with Crippen LogP contribution in [0.25, 0.3) is 16.8 Å². The molecule has 0 aliphatic heterocycles. The Hall–Kier alpha value is -3.72. The second-order valence-corrected chi connectivity index (χ2v) is 8.07. The molecule has 2 aromatic heterocycles. The van der Waals surface area contributed by atoms with Crippen LogP contribution in [-0.4, -0.2) is 60.7 Å². The maximum absolute atomic E-state index is 14.1. The number of halogens is 1. The molecule has 0 fully saturated rings. The molecule has 2 heterocycles. The van der Waals surface area contributed by atoms with E-state index in [0.717, 1.165) is 22.5 Å². The van der Waals surface area contributed by atoms with Gasteiger partial charge in [0.1, 0.15) is 22.9 Å². The van der Waals surface area contributed by atoms with Crippen molar-refractivity contribution in [3.63, 3.8) is 0 Å². The Morgan fingerprint density at radius 3 is 2.74 bits per heavy atom. The van der Waals surface area contributed by atoms with Gasteiger partial charge in [0.05, 0.1) is 18.5 Å². The van der Waals surface area contributed by atoms with Crippen molar-refractivity contribution in [2.75, 3.05) is 34.8 Å². The van der Waals surface area contributed by atoms with E-state index in [2.05, 4.69) is 15.3 Å². The highest BCUT2D eigenvalue weighted by molar-refractivity contribution is 6.06. The number of pyridine rings is 1. The Balaban J connectivity index is 1.90. The number of nitrogens with one attached hydrogen (secondary N) is 1. The molecule has 180 valence electrons. The molecule has 0 spiro atoms. The predicted molar refractivity (Wildman–Crippen MR) is 132 cm³/mol. The van der Waals surface area contributed by atoms with E-state index in [0.29, 0.717) is 30.0 Å². The van der Waals surface area contributed by atoms with E-state index in [-0.39, 0.29) is 18.2 Å². The summed E-state index contributed by atoms with van der Waals surface area (Å²) in [7, 11) is 6.80. The summed E-state index contributed by atoms with van der Waals surface area (Å²) in [6.45, 7) is 2.65. The summed E-state index contributed by atoms with van der Waals surface area (Å²) in [4.78, 5) is 22.4.